The third-order valence-corrected chi connectivity index (χ3v) is 2.87. The maximum atomic E-state index is 4.14. The molecule has 2 rings (SSSR count). The second-order valence-electron chi connectivity index (χ2n) is 4.34. The summed E-state index contributed by atoms with van der Waals surface area (Å²) < 4.78 is 0. The lowest BCUT2D eigenvalue weighted by molar-refractivity contribution is 0.176. The van der Waals surface area contributed by atoms with E-state index in [1.807, 2.05) is 32.3 Å². The smallest absolute Gasteiger partial charge is 0.0312 e. The summed E-state index contributed by atoms with van der Waals surface area (Å²) in [7, 11) is 0. The maximum Gasteiger partial charge on any atom is 0.0312 e. The van der Waals surface area contributed by atoms with Gasteiger partial charge in [0.1, 0.15) is 0 Å². The van der Waals surface area contributed by atoms with Gasteiger partial charge in [-0.3, -0.25) is 9.88 Å². The lowest BCUT2D eigenvalue weighted by Crippen LogP contribution is -2.33. The fourth-order valence-electron chi connectivity index (χ4n) is 2.18. The van der Waals surface area contributed by atoms with Crippen molar-refractivity contribution >= 4 is 0 Å². The topological polar surface area (TPSA) is 16.1 Å². The molecular weight excluding hydrogens is 196 g/mol. The molecule has 1 saturated heterocycles. The van der Waals surface area contributed by atoms with Gasteiger partial charge in [0.15, 0.2) is 0 Å². The summed E-state index contributed by atoms with van der Waals surface area (Å²) in [4.78, 5) is 6.68. The van der Waals surface area contributed by atoms with Crippen LogP contribution in [-0.2, 0) is 6.54 Å². The molecular formula is C14H24N2. The van der Waals surface area contributed by atoms with Crippen molar-refractivity contribution in [2.75, 3.05) is 13.1 Å². The molecule has 1 aromatic heterocycles. The van der Waals surface area contributed by atoms with Crippen LogP contribution in [0.5, 0.6) is 0 Å². The predicted octanol–water partition coefficient (Wildman–Crippen LogP) is 3.34. The van der Waals surface area contributed by atoms with E-state index in [0.717, 1.165) is 12.5 Å². The van der Waals surface area contributed by atoms with Crippen LogP contribution < -0.4 is 0 Å². The van der Waals surface area contributed by atoms with Gasteiger partial charge in [0, 0.05) is 25.5 Å². The van der Waals surface area contributed by atoms with Crippen LogP contribution in [0.4, 0.5) is 0 Å². The van der Waals surface area contributed by atoms with Crippen molar-refractivity contribution in [3.05, 3.63) is 30.1 Å². The third kappa shape index (κ3) is 4.31. The first kappa shape index (κ1) is 13.2. The quantitative estimate of drug-likeness (QED) is 0.760. The van der Waals surface area contributed by atoms with Gasteiger partial charge in [-0.2, -0.15) is 0 Å². The van der Waals surface area contributed by atoms with Gasteiger partial charge in [-0.1, -0.05) is 26.8 Å². The number of likely N-dealkylation sites (tertiary alicyclic amines) is 1. The number of hydrogen-bond donors (Lipinski definition) is 0. The molecule has 0 saturated carbocycles. The Kier molecular flexibility index (Phi) is 6.09. The van der Waals surface area contributed by atoms with E-state index >= 15 is 0 Å². The molecule has 2 nitrogen and oxygen atoms in total. The van der Waals surface area contributed by atoms with Crippen LogP contribution in [0.15, 0.2) is 24.5 Å². The molecule has 0 radical (unpaired) electrons. The first-order chi connectivity index (χ1) is 7.84. The van der Waals surface area contributed by atoms with Crippen molar-refractivity contribution in [2.24, 2.45) is 5.92 Å². The highest BCUT2D eigenvalue weighted by atomic mass is 15.1. The number of aromatic nitrogens is 1. The predicted molar refractivity (Wildman–Crippen MR) is 69.3 cm³/mol. The van der Waals surface area contributed by atoms with Crippen molar-refractivity contribution < 1.29 is 0 Å². The number of pyridine rings is 1. The lowest BCUT2D eigenvalue weighted by Gasteiger charge is -2.30. The fourth-order valence-corrected chi connectivity index (χ4v) is 2.18. The Morgan fingerprint density at radius 2 is 2.25 bits per heavy atom. The van der Waals surface area contributed by atoms with Crippen molar-refractivity contribution in [3.63, 3.8) is 0 Å². The van der Waals surface area contributed by atoms with Gasteiger partial charge in [-0.05, 0) is 36.9 Å². The molecule has 1 aliphatic rings. The van der Waals surface area contributed by atoms with E-state index in [-0.39, 0.29) is 0 Å². The molecule has 0 aromatic carbocycles. The Morgan fingerprint density at radius 3 is 2.88 bits per heavy atom. The zero-order valence-corrected chi connectivity index (χ0v) is 10.8. The minimum Gasteiger partial charge on any atom is -0.299 e. The van der Waals surface area contributed by atoms with Crippen LogP contribution in [0, 0.1) is 5.92 Å². The fraction of sp³-hybridized carbons (Fsp3) is 0.643. The highest BCUT2D eigenvalue weighted by Crippen LogP contribution is 2.17. The van der Waals surface area contributed by atoms with E-state index in [0.29, 0.717) is 0 Å². The molecule has 0 bridgehead atoms. The van der Waals surface area contributed by atoms with Crippen molar-refractivity contribution in [2.45, 2.75) is 40.2 Å². The molecule has 0 amide bonds. The summed E-state index contributed by atoms with van der Waals surface area (Å²) in [6.07, 6.45) is 6.55. The SMILES string of the molecule is CC.CC1CCCN(Cc2cccnc2)C1. The Morgan fingerprint density at radius 1 is 1.44 bits per heavy atom. The molecule has 0 spiro atoms. The van der Waals surface area contributed by atoms with Crippen LogP contribution in [0.25, 0.3) is 0 Å². The molecule has 1 unspecified atom stereocenters. The van der Waals surface area contributed by atoms with Crippen molar-refractivity contribution in [1.29, 1.82) is 0 Å². The lowest BCUT2D eigenvalue weighted by atomic mass is 10.00. The molecule has 1 atom stereocenters. The summed E-state index contributed by atoms with van der Waals surface area (Å²) in [5.74, 6) is 0.862. The summed E-state index contributed by atoms with van der Waals surface area (Å²) in [6, 6.07) is 4.18. The molecule has 2 heterocycles. The molecule has 1 fully saturated rings. The Bertz CT molecular complexity index is 271. The zero-order chi connectivity index (χ0) is 11.8. The molecule has 1 aliphatic heterocycles. The van der Waals surface area contributed by atoms with Crippen LogP contribution in [0.2, 0.25) is 0 Å². The van der Waals surface area contributed by atoms with Crippen molar-refractivity contribution in [3.8, 4) is 0 Å². The highest BCUT2D eigenvalue weighted by molar-refractivity contribution is 5.08. The monoisotopic (exact) mass is 220 g/mol. The third-order valence-electron chi connectivity index (χ3n) is 2.87. The van der Waals surface area contributed by atoms with Crippen LogP contribution in [0.1, 0.15) is 39.2 Å². The summed E-state index contributed by atoms with van der Waals surface area (Å²) in [6.45, 7) is 9.90. The number of hydrogen-bond acceptors (Lipinski definition) is 2. The van der Waals surface area contributed by atoms with E-state index in [1.54, 1.807) is 0 Å². The normalized spacial score (nSPS) is 21.1. The maximum absolute atomic E-state index is 4.14. The van der Waals surface area contributed by atoms with Gasteiger partial charge in [0.2, 0.25) is 0 Å². The standard InChI is InChI=1S/C12H18N2.C2H6/c1-11-4-3-7-14(9-11)10-12-5-2-6-13-8-12;1-2/h2,5-6,8,11H,3-4,7,9-10H2,1H3;1-2H3. The Hall–Kier alpha value is -0.890. The largest absolute Gasteiger partial charge is 0.299 e. The van der Waals surface area contributed by atoms with Gasteiger partial charge in [-0.25, -0.2) is 0 Å². The Balaban J connectivity index is 0.000000606. The zero-order valence-electron chi connectivity index (χ0n) is 10.8. The van der Waals surface area contributed by atoms with Crippen molar-refractivity contribution in [1.82, 2.24) is 9.88 Å². The average molecular weight is 220 g/mol. The minimum absolute atomic E-state index is 0.862. The van der Waals surface area contributed by atoms with Gasteiger partial charge >= 0.3 is 0 Å². The van der Waals surface area contributed by atoms with Gasteiger partial charge in [0.05, 0.1) is 0 Å². The summed E-state index contributed by atoms with van der Waals surface area (Å²) in [5, 5.41) is 0. The molecule has 90 valence electrons. The van der Waals surface area contributed by atoms with Gasteiger partial charge in [0.25, 0.3) is 0 Å². The average Bonchev–Trinajstić information content (AvgIpc) is 2.33. The minimum atomic E-state index is 0.862. The van der Waals surface area contributed by atoms with E-state index in [9.17, 15) is 0 Å². The first-order valence-corrected chi connectivity index (χ1v) is 6.46. The Labute approximate surface area is 99.7 Å². The molecule has 0 N–H and O–H groups in total. The first-order valence-electron chi connectivity index (χ1n) is 6.46. The van der Waals surface area contributed by atoms with Gasteiger partial charge in [-0.15, -0.1) is 0 Å². The summed E-state index contributed by atoms with van der Waals surface area (Å²) >= 11 is 0. The van der Waals surface area contributed by atoms with E-state index in [1.165, 1.54) is 31.5 Å². The number of nitrogens with zero attached hydrogens (tertiary/aromatic N) is 2. The molecule has 0 aliphatic carbocycles. The number of rotatable bonds is 2. The van der Waals surface area contributed by atoms with Gasteiger partial charge < -0.3 is 0 Å². The second kappa shape index (κ2) is 7.39. The number of piperidine rings is 1. The van der Waals surface area contributed by atoms with Crippen LogP contribution in [0.3, 0.4) is 0 Å². The van der Waals surface area contributed by atoms with E-state index in [2.05, 4.69) is 22.9 Å². The molecule has 16 heavy (non-hydrogen) atoms. The summed E-state index contributed by atoms with van der Waals surface area (Å²) in [5.41, 5.74) is 1.33. The van der Waals surface area contributed by atoms with E-state index < -0.39 is 0 Å². The molecule has 1 aromatic rings. The van der Waals surface area contributed by atoms with E-state index in [4.69, 9.17) is 0 Å². The highest BCUT2D eigenvalue weighted by Gasteiger charge is 2.15. The molecule has 2 heteroatoms. The second-order valence-corrected chi connectivity index (χ2v) is 4.34. The van der Waals surface area contributed by atoms with Crippen LogP contribution in [-0.4, -0.2) is 23.0 Å². The van der Waals surface area contributed by atoms with Crippen LogP contribution >= 0.6 is 0 Å².